The van der Waals surface area contributed by atoms with E-state index in [4.69, 9.17) is 0 Å². The van der Waals surface area contributed by atoms with Gasteiger partial charge < -0.3 is 9.80 Å². The van der Waals surface area contributed by atoms with E-state index >= 15 is 0 Å². The molecule has 0 aliphatic rings. The van der Waals surface area contributed by atoms with Crippen LogP contribution >= 0.6 is 0 Å². The molecule has 0 saturated carbocycles. The topological polar surface area (TPSA) is 6.48 Å². The monoisotopic (exact) mass is 518 g/mol. The molecule has 5 aromatic rings. The van der Waals surface area contributed by atoms with Gasteiger partial charge in [0.25, 0.3) is 0 Å². The molecule has 0 spiro atoms. The van der Waals surface area contributed by atoms with Crippen LogP contribution in [0.1, 0.15) is 12.5 Å². The Labute approximate surface area is 238 Å². The van der Waals surface area contributed by atoms with Crippen molar-refractivity contribution in [1.29, 1.82) is 0 Å². The van der Waals surface area contributed by atoms with Crippen molar-refractivity contribution in [3.8, 4) is 11.1 Å². The second kappa shape index (κ2) is 12.2. The maximum atomic E-state index is 4.07. The number of rotatable bonds is 9. The summed E-state index contributed by atoms with van der Waals surface area (Å²) in [7, 11) is 0. The third kappa shape index (κ3) is 5.98. The van der Waals surface area contributed by atoms with E-state index in [1.54, 1.807) is 0 Å². The zero-order chi connectivity index (χ0) is 27.9. The number of para-hydroxylation sites is 2. The van der Waals surface area contributed by atoms with Gasteiger partial charge >= 0.3 is 0 Å². The van der Waals surface area contributed by atoms with Crippen LogP contribution in [-0.2, 0) is 0 Å². The zero-order valence-electron chi connectivity index (χ0n) is 23.2. The average Bonchev–Trinajstić information content (AvgIpc) is 2.99. The molecule has 2 heteroatoms. The number of allylic oxidation sites excluding steroid dienone is 3. The van der Waals surface area contributed by atoms with E-state index in [1.807, 2.05) is 19.1 Å². The molecule has 0 atom stereocenters. The molecule has 0 aliphatic heterocycles. The van der Waals surface area contributed by atoms with Crippen LogP contribution in [0.3, 0.4) is 0 Å². The number of benzene rings is 5. The van der Waals surface area contributed by atoms with E-state index in [9.17, 15) is 0 Å². The molecule has 0 saturated heterocycles. The van der Waals surface area contributed by atoms with E-state index in [2.05, 4.69) is 163 Å². The number of hydrogen-bond acceptors (Lipinski definition) is 2. The van der Waals surface area contributed by atoms with Crippen LogP contribution in [0.5, 0.6) is 0 Å². The molecule has 0 fully saturated rings. The smallest absolute Gasteiger partial charge is 0.0464 e. The summed E-state index contributed by atoms with van der Waals surface area (Å²) in [6.07, 6.45) is 3.93. The van der Waals surface area contributed by atoms with Gasteiger partial charge in [0.05, 0.1) is 0 Å². The van der Waals surface area contributed by atoms with Crippen molar-refractivity contribution in [2.75, 3.05) is 9.80 Å². The van der Waals surface area contributed by atoms with E-state index in [0.29, 0.717) is 0 Å². The highest BCUT2D eigenvalue weighted by molar-refractivity contribution is 5.79. The second-order valence-corrected chi connectivity index (χ2v) is 9.89. The summed E-state index contributed by atoms with van der Waals surface area (Å²) in [5.41, 5.74) is 11.0. The van der Waals surface area contributed by atoms with Crippen LogP contribution in [0.15, 0.2) is 170 Å². The summed E-state index contributed by atoms with van der Waals surface area (Å²) >= 11 is 0. The summed E-state index contributed by atoms with van der Waals surface area (Å²) in [6, 6.07) is 46.9. The number of anilines is 5. The lowest BCUT2D eigenvalue weighted by atomic mass is 10.0. The lowest BCUT2D eigenvalue weighted by molar-refractivity contribution is 1.20. The van der Waals surface area contributed by atoms with E-state index < -0.39 is 0 Å². The Bertz CT molecular complexity index is 1610. The zero-order valence-corrected chi connectivity index (χ0v) is 23.2. The minimum atomic E-state index is 0.975. The van der Waals surface area contributed by atoms with Crippen molar-refractivity contribution in [2.45, 2.75) is 13.8 Å². The fourth-order valence-corrected chi connectivity index (χ4v) is 4.89. The normalized spacial score (nSPS) is 11.1. The first-order valence-electron chi connectivity index (χ1n) is 13.5. The van der Waals surface area contributed by atoms with E-state index in [0.717, 1.165) is 45.3 Å². The number of aryl methyl sites for hydroxylation is 1. The standard InChI is InChI=1S/C38H34N2/c1-5-33(27-29(2)3)39(34-14-8-6-9-15-34)36-23-19-31(20-24-36)32-21-25-37(26-22-32)40(35-16-10-7-11-17-35)38-18-12-13-30(4)28-38/h5-28H,1-2H2,3-4H3/b33-27+. The Morgan fingerprint density at radius 1 is 0.575 bits per heavy atom. The minimum absolute atomic E-state index is 0.975. The van der Waals surface area contributed by atoms with Crippen LogP contribution in [0.2, 0.25) is 0 Å². The second-order valence-electron chi connectivity index (χ2n) is 9.89. The summed E-state index contributed by atoms with van der Waals surface area (Å²) in [5.74, 6) is 0. The summed E-state index contributed by atoms with van der Waals surface area (Å²) in [5, 5.41) is 0. The van der Waals surface area contributed by atoms with E-state index in [1.165, 1.54) is 11.1 Å². The van der Waals surface area contributed by atoms with Gasteiger partial charge in [0, 0.05) is 34.1 Å². The molecule has 5 rings (SSSR count). The first-order valence-corrected chi connectivity index (χ1v) is 13.5. The Hall–Kier alpha value is -5.08. The summed E-state index contributed by atoms with van der Waals surface area (Å²) in [4.78, 5) is 4.50. The highest BCUT2D eigenvalue weighted by Crippen LogP contribution is 2.37. The molecule has 0 bridgehead atoms. The molecule has 0 unspecified atom stereocenters. The molecule has 40 heavy (non-hydrogen) atoms. The maximum Gasteiger partial charge on any atom is 0.0464 e. The molecule has 5 aromatic carbocycles. The largest absolute Gasteiger partial charge is 0.311 e. The Morgan fingerprint density at radius 2 is 1.05 bits per heavy atom. The first-order chi connectivity index (χ1) is 19.5. The van der Waals surface area contributed by atoms with Crippen molar-refractivity contribution < 1.29 is 0 Å². The van der Waals surface area contributed by atoms with Gasteiger partial charge in [-0.15, -0.1) is 0 Å². The summed E-state index contributed by atoms with van der Waals surface area (Å²) in [6.45, 7) is 12.3. The third-order valence-corrected chi connectivity index (χ3v) is 6.73. The highest BCUT2D eigenvalue weighted by atomic mass is 15.1. The van der Waals surface area contributed by atoms with Gasteiger partial charge in [-0.05, 0) is 103 Å². The van der Waals surface area contributed by atoms with Gasteiger partial charge in [0.1, 0.15) is 0 Å². The lowest BCUT2D eigenvalue weighted by Gasteiger charge is -2.27. The fraction of sp³-hybridized carbons (Fsp3) is 0.0526. The highest BCUT2D eigenvalue weighted by Gasteiger charge is 2.14. The predicted octanol–water partition coefficient (Wildman–Crippen LogP) is 10.9. The first kappa shape index (κ1) is 26.5. The minimum Gasteiger partial charge on any atom is -0.311 e. The van der Waals surface area contributed by atoms with Gasteiger partial charge in [-0.25, -0.2) is 0 Å². The molecule has 0 amide bonds. The number of nitrogens with zero attached hydrogens (tertiary/aromatic N) is 2. The Balaban J connectivity index is 1.47. The summed E-state index contributed by atoms with van der Waals surface area (Å²) < 4.78 is 0. The van der Waals surface area contributed by atoms with Crippen LogP contribution in [0.25, 0.3) is 11.1 Å². The predicted molar refractivity (Wildman–Crippen MR) is 173 cm³/mol. The number of hydrogen-bond donors (Lipinski definition) is 0. The maximum absolute atomic E-state index is 4.07. The molecule has 2 nitrogen and oxygen atoms in total. The third-order valence-electron chi connectivity index (χ3n) is 6.73. The van der Waals surface area contributed by atoms with Crippen molar-refractivity contribution in [1.82, 2.24) is 0 Å². The molecule has 196 valence electrons. The SMILES string of the molecule is C=C/C(=C\C(=C)C)N(c1ccccc1)c1ccc(-c2ccc(N(c3ccccc3)c3cccc(C)c3)cc2)cc1. The quantitative estimate of drug-likeness (QED) is 0.179. The molecular formula is C38H34N2. The van der Waals surface area contributed by atoms with E-state index in [-0.39, 0.29) is 0 Å². The molecule has 0 heterocycles. The van der Waals surface area contributed by atoms with Crippen LogP contribution in [0, 0.1) is 6.92 Å². The van der Waals surface area contributed by atoms with Crippen molar-refractivity contribution in [2.24, 2.45) is 0 Å². The van der Waals surface area contributed by atoms with Crippen molar-refractivity contribution >= 4 is 28.4 Å². The fourth-order valence-electron chi connectivity index (χ4n) is 4.89. The molecule has 0 N–H and O–H groups in total. The van der Waals surface area contributed by atoms with Gasteiger partial charge in [0.2, 0.25) is 0 Å². The lowest BCUT2D eigenvalue weighted by Crippen LogP contribution is -2.15. The Morgan fingerprint density at radius 3 is 1.57 bits per heavy atom. The van der Waals surface area contributed by atoms with Gasteiger partial charge in [-0.1, -0.05) is 91.5 Å². The van der Waals surface area contributed by atoms with Crippen molar-refractivity contribution in [3.05, 3.63) is 176 Å². The van der Waals surface area contributed by atoms with Crippen LogP contribution in [-0.4, -0.2) is 0 Å². The average molecular weight is 519 g/mol. The molecular weight excluding hydrogens is 484 g/mol. The molecule has 0 radical (unpaired) electrons. The van der Waals surface area contributed by atoms with Gasteiger partial charge in [-0.3, -0.25) is 0 Å². The Kier molecular flexibility index (Phi) is 8.08. The van der Waals surface area contributed by atoms with Crippen LogP contribution < -0.4 is 9.80 Å². The molecule has 0 aliphatic carbocycles. The molecule has 0 aromatic heterocycles. The van der Waals surface area contributed by atoms with Crippen LogP contribution in [0.4, 0.5) is 28.4 Å². The van der Waals surface area contributed by atoms with Crippen molar-refractivity contribution in [3.63, 3.8) is 0 Å². The van der Waals surface area contributed by atoms with Gasteiger partial charge in [0.15, 0.2) is 0 Å². The van der Waals surface area contributed by atoms with Gasteiger partial charge in [-0.2, -0.15) is 0 Å².